The van der Waals surface area contributed by atoms with Crippen molar-refractivity contribution < 1.29 is 13.2 Å². The Morgan fingerprint density at radius 3 is 2.30 bits per heavy atom. The molecule has 20 heavy (non-hydrogen) atoms. The number of hydrogen-bond donors (Lipinski definition) is 1. The molecule has 2 aromatic rings. The van der Waals surface area contributed by atoms with Crippen LogP contribution in [0.4, 0.5) is 5.69 Å². The fourth-order valence-electron chi connectivity index (χ4n) is 1.66. The molecular weight excluding hydrogens is 298 g/mol. The Morgan fingerprint density at radius 1 is 1.10 bits per heavy atom. The van der Waals surface area contributed by atoms with Crippen LogP contribution in [0.1, 0.15) is 5.56 Å². The Labute approximate surface area is 123 Å². The third-order valence-corrected chi connectivity index (χ3v) is 4.12. The molecule has 0 saturated carbocycles. The lowest BCUT2D eigenvalue weighted by Gasteiger charge is -2.11. The smallest absolute Gasteiger partial charge is 0.175 e. The van der Waals surface area contributed by atoms with E-state index in [9.17, 15) is 8.42 Å². The summed E-state index contributed by atoms with van der Waals surface area (Å²) in [5.74, 6) is 0.833. The molecular formula is C14H14ClNO3S. The van der Waals surface area contributed by atoms with Crippen LogP contribution in [0.3, 0.4) is 0 Å². The summed E-state index contributed by atoms with van der Waals surface area (Å²) in [5, 5.41) is 0.469. The second kappa shape index (κ2) is 5.34. The zero-order valence-corrected chi connectivity index (χ0v) is 12.6. The third-order valence-electron chi connectivity index (χ3n) is 2.72. The van der Waals surface area contributed by atoms with Crippen LogP contribution in [0, 0.1) is 6.92 Å². The van der Waals surface area contributed by atoms with Crippen molar-refractivity contribution in [1.29, 1.82) is 0 Å². The van der Waals surface area contributed by atoms with E-state index in [-0.39, 0.29) is 10.6 Å². The summed E-state index contributed by atoms with van der Waals surface area (Å²) in [7, 11) is -3.29. The van der Waals surface area contributed by atoms with Crippen molar-refractivity contribution in [2.45, 2.75) is 11.8 Å². The molecule has 2 aromatic carbocycles. The number of ether oxygens (including phenoxy) is 1. The van der Waals surface area contributed by atoms with Gasteiger partial charge in [-0.15, -0.1) is 0 Å². The van der Waals surface area contributed by atoms with Gasteiger partial charge in [-0.05, 0) is 42.8 Å². The van der Waals surface area contributed by atoms with E-state index in [0.29, 0.717) is 16.5 Å². The Balaban J connectivity index is 2.35. The molecule has 0 fully saturated rings. The molecule has 0 atom stereocenters. The van der Waals surface area contributed by atoms with Gasteiger partial charge in [0.1, 0.15) is 11.5 Å². The Hall–Kier alpha value is -1.72. The van der Waals surface area contributed by atoms with Gasteiger partial charge >= 0.3 is 0 Å². The fraction of sp³-hybridized carbons (Fsp3) is 0.143. The molecule has 106 valence electrons. The SMILES string of the molecule is Cc1ccc(Oc2ccc(S(C)(=O)=O)cc2N)c(Cl)c1. The van der Waals surface area contributed by atoms with Crippen LogP contribution in [-0.2, 0) is 9.84 Å². The van der Waals surface area contributed by atoms with Gasteiger partial charge in [0, 0.05) is 6.26 Å². The number of hydrogen-bond acceptors (Lipinski definition) is 4. The lowest BCUT2D eigenvalue weighted by molar-refractivity contribution is 0.484. The number of rotatable bonds is 3. The summed E-state index contributed by atoms with van der Waals surface area (Å²) in [6.45, 7) is 1.92. The Morgan fingerprint density at radius 2 is 1.75 bits per heavy atom. The molecule has 4 nitrogen and oxygen atoms in total. The normalized spacial score (nSPS) is 11.3. The highest BCUT2D eigenvalue weighted by Crippen LogP contribution is 2.33. The average Bonchev–Trinajstić information content (AvgIpc) is 2.33. The van der Waals surface area contributed by atoms with Crippen LogP contribution in [0.15, 0.2) is 41.3 Å². The first-order valence-electron chi connectivity index (χ1n) is 5.81. The molecule has 0 amide bonds. The van der Waals surface area contributed by atoms with E-state index in [0.717, 1.165) is 11.8 Å². The minimum Gasteiger partial charge on any atom is -0.454 e. The van der Waals surface area contributed by atoms with Gasteiger partial charge in [-0.2, -0.15) is 0 Å². The molecule has 0 aliphatic heterocycles. The summed E-state index contributed by atoms with van der Waals surface area (Å²) in [5.41, 5.74) is 7.07. The minimum absolute atomic E-state index is 0.150. The first-order chi connectivity index (χ1) is 9.27. The van der Waals surface area contributed by atoms with Crippen molar-refractivity contribution in [2.75, 3.05) is 12.0 Å². The molecule has 2 rings (SSSR count). The van der Waals surface area contributed by atoms with Gasteiger partial charge < -0.3 is 10.5 Å². The van der Waals surface area contributed by atoms with Gasteiger partial charge in [-0.25, -0.2) is 8.42 Å². The van der Waals surface area contributed by atoms with Crippen molar-refractivity contribution >= 4 is 27.1 Å². The molecule has 6 heteroatoms. The zero-order valence-electron chi connectivity index (χ0n) is 11.1. The monoisotopic (exact) mass is 311 g/mol. The highest BCUT2D eigenvalue weighted by atomic mass is 35.5. The number of halogens is 1. The van der Waals surface area contributed by atoms with Crippen molar-refractivity contribution in [2.24, 2.45) is 0 Å². The van der Waals surface area contributed by atoms with E-state index in [4.69, 9.17) is 22.1 Å². The summed E-state index contributed by atoms with van der Waals surface area (Å²) < 4.78 is 28.5. The first kappa shape index (κ1) is 14.7. The first-order valence-corrected chi connectivity index (χ1v) is 8.08. The van der Waals surface area contributed by atoms with Gasteiger partial charge in [0.25, 0.3) is 0 Å². The third kappa shape index (κ3) is 3.23. The predicted octanol–water partition coefficient (Wildman–Crippen LogP) is 3.43. The molecule has 0 unspecified atom stereocenters. The van der Waals surface area contributed by atoms with E-state index in [1.54, 1.807) is 12.1 Å². The van der Waals surface area contributed by atoms with Gasteiger partial charge in [-0.3, -0.25) is 0 Å². The second-order valence-corrected chi connectivity index (χ2v) is 6.93. The fourth-order valence-corrected chi connectivity index (χ4v) is 2.59. The lowest BCUT2D eigenvalue weighted by atomic mass is 10.2. The van der Waals surface area contributed by atoms with Gasteiger partial charge in [0.05, 0.1) is 15.6 Å². The second-order valence-electron chi connectivity index (χ2n) is 4.51. The molecule has 0 heterocycles. The highest BCUT2D eigenvalue weighted by molar-refractivity contribution is 7.90. The lowest BCUT2D eigenvalue weighted by Crippen LogP contribution is -2.00. The number of sulfone groups is 1. The van der Waals surface area contributed by atoms with Crippen LogP contribution in [-0.4, -0.2) is 14.7 Å². The maximum atomic E-state index is 11.4. The van der Waals surface area contributed by atoms with Crippen LogP contribution in [0.2, 0.25) is 5.02 Å². The van der Waals surface area contributed by atoms with E-state index < -0.39 is 9.84 Å². The van der Waals surface area contributed by atoms with Crippen LogP contribution in [0.25, 0.3) is 0 Å². The van der Waals surface area contributed by atoms with E-state index in [2.05, 4.69) is 0 Å². The largest absolute Gasteiger partial charge is 0.454 e. The average molecular weight is 312 g/mol. The van der Waals surface area contributed by atoms with Crippen molar-refractivity contribution in [3.63, 3.8) is 0 Å². The summed E-state index contributed by atoms with van der Waals surface area (Å²) in [6.07, 6.45) is 1.12. The van der Waals surface area contributed by atoms with Crippen molar-refractivity contribution in [3.8, 4) is 11.5 Å². The van der Waals surface area contributed by atoms with Gasteiger partial charge in [0.15, 0.2) is 9.84 Å². The molecule has 0 aliphatic rings. The van der Waals surface area contributed by atoms with Crippen molar-refractivity contribution in [3.05, 3.63) is 47.0 Å². The molecule has 0 bridgehead atoms. The zero-order chi connectivity index (χ0) is 14.9. The molecule has 0 aliphatic carbocycles. The van der Waals surface area contributed by atoms with Gasteiger partial charge in [-0.1, -0.05) is 17.7 Å². The van der Waals surface area contributed by atoms with E-state index >= 15 is 0 Å². The quantitative estimate of drug-likeness (QED) is 0.882. The number of benzene rings is 2. The molecule has 2 N–H and O–H groups in total. The number of aryl methyl sites for hydroxylation is 1. The van der Waals surface area contributed by atoms with Crippen molar-refractivity contribution in [1.82, 2.24) is 0 Å². The van der Waals surface area contributed by atoms with Crippen LogP contribution >= 0.6 is 11.6 Å². The Bertz CT molecular complexity index is 757. The van der Waals surface area contributed by atoms with E-state index in [1.165, 1.54) is 18.2 Å². The minimum atomic E-state index is -3.29. The topological polar surface area (TPSA) is 69.4 Å². The van der Waals surface area contributed by atoms with Gasteiger partial charge in [0.2, 0.25) is 0 Å². The number of nitrogen functional groups attached to an aromatic ring is 1. The van der Waals surface area contributed by atoms with Crippen LogP contribution < -0.4 is 10.5 Å². The number of nitrogens with two attached hydrogens (primary N) is 1. The summed E-state index contributed by atoms with van der Waals surface area (Å²) in [6, 6.07) is 9.71. The summed E-state index contributed by atoms with van der Waals surface area (Å²) in [4.78, 5) is 0.150. The Kier molecular flexibility index (Phi) is 3.92. The number of anilines is 1. The maximum Gasteiger partial charge on any atom is 0.175 e. The van der Waals surface area contributed by atoms with Crippen LogP contribution in [0.5, 0.6) is 11.5 Å². The predicted molar refractivity (Wildman–Crippen MR) is 80.2 cm³/mol. The molecule has 0 radical (unpaired) electrons. The molecule has 0 aromatic heterocycles. The molecule has 0 spiro atoms. The maximum absolute atomic E-state index is 11.4. The molecule has 0 saturated heterocycles. The highest BCUT2D eigenvalue weighted by Gasteiger charge is 2.11. The summed E-state index contributed by atoms with van der Waals surface area (Å²) >= 11 is 6.07. The standard InChI is InChI=1S/C14H14ClNO3S/c1-9-3-5-13(11(15)7-9)19-14-6-4-10(8-12(14)16)20(2,17)18/h3-8H,16H2,1-2H3. The van der Waals surface area contributed by atoms with E-state index in [1.807, 2.05) is 13.0 Å².